The number of aliphatic hydroxyl groups is 1. The molecule has 1 aromatic rings. The third kappa shape index (κ3) is 1.92. The van der Waals surface area contributed by atoms with Crippen molar-refractivity contribution in [3.8, 4) is 0 Å². The van der Waals surface area contributed by atoms with E-state index < -0.39 is 0 Å². The molecule has 0 bridgehead atoms. The Bertz CT molecular complexity index is 289. The molecule has 0 aliphatic carbocycles. The minimum Gasteiger partial charge on any atom is -0.391 e. The molecule has 2 atom stereocenters. The Balaban J connectivity index is 2.14. The Morgan fingerprint density at radius 2 is 2.54 bits per heavy atom. The van der Waals surface area contributed by atoms with Crippen LogP contribution in [0.3, 0.4) is 0 Å². The summed E-state index contributed by atoms with van der Waals surface area (Å²) in [6.45, 7) is 1.68. The zero-order valence-electron chi connectivity index (χ0n) is 7.15. The van der Waals surface area contributed by atoms with Gasteiger partial charge in [-0.05, 0) is 28.9 Å². The van der Waals surface area contributed by atoms with Crippen molar-refractivity contribution < 1.29 is 5.11 Å². The lowest BCUT2D eigenvalue weighted by Crippen LogP contribution is -2.41. The molecule has 0 aromatic carbocycles. The highest BCUT2D eigenvalue weighted by molar-refractivity contribution is 9.10. The molecule has 0 radical (unpaired) electrons. The summed E-state index contributed by atoms with van der Waals surface area (Å²) in [5, 5.41) is 17.1. The van der Waals surface area contributed by atoms with Crippen LogP contribution >= 0.6 is 15.9 Å². The van der Waals surface area contributed by atoms with Crippen molar-refractivity contribution in [3.63, 3.8) is 0 Å². The Morgan fingerprint density at radius 3 is 3.15 bits per heavy atom. The maximum absolute atomic E-state index is 9.72. The molecule has 2 heterocycles. The van der Waals surface area contributed by atoms with Crippen LogP contribution < -0.4 is 5.32 Å². The molecule has 1 aromatic heterocycles. The number of hydrogen-bond acceptors (Lipinski definition) is 3. The molecule has 1 aliphatic heterocycles. The summed E-state index contributed by atoms with van der Waals surface area (Å²) >= 11 is 3.33. The number of halogens is 1. The van der Waals surface area contributed by atoms with Crippen molar-refractivity contribution >= 4 is 15.9 Å². The van der Waals surface area contributed by atoms with E-state index in [1.165, 1.54) is 0 Å². The van der Waals surface area contributed by atoms with Crippen LogP contribution in [-0.2, 0) is 0 Å². The molecule has 1 aliphatic rings. The van der Waals surface area contributed by atoms with Gasteiger partial charge >= 0.3 is 0 Å². The van der Waals surface area contributed by atoms with Crippen molar-refractivity contribution in [2.24, 2.45) is 0 Å². The smallest absolute Gasteiger partial charge is 0.0902 e. The number of aromatic nitrogens is 2. The molecule has 13 heavy (non-hydrogen) atoms. The molecular formula is C8H12BrN3O. The van der Waals surface area contributed by atoms with Gasteiger partial charge in [0, 0.05) is 12.7 Å². The van der Waals surface area contributed by atoms with E-state index in [2.05, 4.69) is 26.3 Å². The Morgan fingerprint density at radius 1 is 1.69 bits per heavy atom. The van der Waals surface area contributed by atoms with Gasteiger partial charge in [-0.1, -0.05) is 0 Å². The molecule has 1 saturated heterocycles. The second kappa shape index (κ2) is 3.77. The van der Waals surface area contributed by atoms with Crippen LogP contribution in [0.2, 0.25) is 0 Å². The number of nitrogens with one attached hydrogen (secondary N) is 1. The first-order valence-corrected chi connectivity index (χ1v) is 5.15. The fourth-order valence-electron chi connectivity index (χ4n) is 1.59. The van der Waals surface area contributed by atoms with Crippen LogP contribution in [0.15, 0.2) is 16.9 Å². The normalized spacial score (nSPS) is 29.1. The van der Waals surface area contributed by atoms with Gasteiger partial charge in [0.2, 0.25) is 0 Å². The van der Waals surface area contributed by atoms with Crippen LogP contribution in [0.4, 0.5) is 0 Å². The summed E-state index contributed by atoms with van der Waals surface area (Å²) in [7, 11) is 0. The highest BCUT2D eigenvalue weighted by atomic mass is 79.9. The molecular weight excluding hydrogens is 234 g/mol. The predicted octanol–water partition coefficient (Wildman–Crippen LogP) is 0.541. The quantitative estimate of drug-likeness (QED) is 0.760. The zero-order chi connectivity index (χ0) is 9.26. The average Bonchev–Trinajstić information content (AvgIpc) is 2.53. The van der Waals surface area contributed by atoms with Crippen LogP contribution in [0.1, 0.15) is 12.5 Å². The van der Waals surface area contributed by atoms with Gasteiger partial charge in [-0.2, -0.15) is 5.10 Å². The average molecular weight is 246 g/mol. The van der Waals surface area contributed by atoms with Crippen molar-refractivity contribution in [3.05, 3.63) is 16.9 Å². The van der Waals surface area contributed by atoms with Crippen LogP contribution in [0.5, 0.6) is 0 Å². The van der Waals surface area contributed by atoms with Crippen LogP contribution in [-0.4, -0.2) is 34.1 Å². The molecule has 72 valence electrons. The van der Waals surface area contributed by atoms with Gasteiger partial charge in [0.1, 0.15) is 0 Å². The molecule has 0 unspecified atom stereocenters. The van der Waals surface area contributed by atoms with Gasteiger partial charge in [-0.3, -0.25) is 4.68 Å². The number of aliphatic hydroxyl groups excluding tert-OH is 1. The number of rotatable bonds is 1. The molecule has 0 saturated carbocycles. The Labute approximate surface area is 85.1 Å². The minimum absolute atomic E-state index is 0.0695. The lowest BCUT2D eigenvalue weighted by atomic mass is 10.0. The standard InChI is InChI=1S/C8H12BrN3O/c9-6-3-11-12(5-6)7-4-10-2-1-8(7)13/h3,5,7-8,10,13H,1-2,4H2/t7-,8-/m1/s1. The molecule has 4 nitrogen and oxygen atoms in total. The molecule has 1 fully saturated rings. The third-order valence-electron chi connectivity index (χ3n) is 2.32. The molecule has 0 spiro atoms. The van der Waals surface area contributed by atoms with Crippen molar-refractivity contribution in [1.29, 1.82) is 0 Å². The van der Waals surface area contributed by atoms with Gasteiger partial charge < -0.3 is 10.4 Å². The molecule has 5 heteroatoms. The molecule has 0 amide bonds. The lowest BCUT2D eigenvalue weighted by Gasteiger charge is -2.28. The van der Waals surface area contributed by atoms with E-state index in [4.69, 9.17) is 0 Å². The first kappa shape index (κ1) is 9.18. The fraction of sp³-hybridized carbons (Fsp3) is 0.625. The van der Waals surface area contributed by atoms with Gasteiger partial charge in [-0.15, -0.1) is 0 Å². The summed E-state index contributed by atoms with van der Waals surface area (Å²) in [5.41, 5.74) is 0. The highest BCUT2D eigenvalue weighted by Crippen LogP contribution is 2.18. The second-order valence-electron chi connectivity index (χ2n) is 3.27. The second-order valence-corrected chi connectivity index (χ2v) is 4.18. The molecule has 2 N–H and O–H groups in total. The van der Waals surface area contributed by atoms with Gasteiger partial charge in [0.15, 0.2) is 0 Å². The van der Waals surface area contributed by atoms with E-state index in [-0.39, 0.29) is 12.1 Å². The highest BCUT2D eigenvalue weighted by Gasteiger charge is 2.24. The first-order chi connectivity index (χ1) is 6.27. The Hall–Kier alpha value is -0.390. The summed E-state index contributed by atoms with van der Waals surface area (Å²) in [4.78, 5) is 0. The Kier molecular flexibility index (Phi) is 2.66. The van der Waals surface area contributed by atoms with Crippen LogP contribution in [0, 0.1) is 0 Å². The largest absolute Gasteiger partial charge is 0.391 e. The number of nitrogens with zero attached hydrogens (tertiary/aromatic N) is 2. The zero-order valence-corrected chi connectivity index (χ0v) is 8.74. The summed E-state index contributed by atoms with van der Waals surface area (Å²) in [6, 6.07) is 0.0695. The fourth-order valence-corrected chi connectivity index (χ4v) is 1.90. The summed E-state index contributed by atoms with van der Waals surface area (Å²) in [6.07, 6.45) is 4.14. The van der Waals surface area contributed by atoms with Crippen molar-refractivity contribution in [2.45, 2.75) is 18.6 Å². The summed E-state index contributed by atoms with van der Waals surface area (Å²) < 4.78 is 2.76. The number of hydrogen-bond donors (Lipinski definition) is 2. The van der Waals surface area contributed by atoms with E-state index >= 15 is 0 Å². The lowest BCUT2D eigenvalue weighted by molar-refractivity contribution is 0.0783. The van der Waals surface area contributed by atoms with Gasteiger partial charge in [0.25, 0.3) is 0 Å². The van der Waals surface area contributed by atoms with E-state index in [1.54, 1.807) is 10.9 Å². The molecule has 2 rings (SSSR count). The van der Waals surface area contributed by atoms with E-state index in [0.29, 0.717) is 0 Å². The predicted molar refractivity (Wildman–Crippen MR) is 52.5 cm³/mol. The van der Waals surface area contributed by atoms with E-state index in [9.17, 15) is 5.11 Å². The number of piperidine rings is 1. The van der Waals surface area contributed by atoms with Gasteiger partial charge in [0.05, 0.1) is 22.8 Å². The first-order valence-electron chi connectivity index (χ1n) is 4.36. The van der Waals surface area contributed by atoms with E-state index in [1.807, 2.05) is 6.20 Å². The summed E-state index contributed by atoms with van der Waals surface area (Å²) in [5.74, 6) is 0. The van der Waals surface area contributed by atoms with Gasteiger partial charge in [-0.25, -0.2) is 0 Å². The topological polar surface area (TPSA) is 50.1 Å². The SMILES string of the molecule is O[C@@H]1CCNC[C@H]1n1cc(Br)cn1. The van der Waals surface area contributed by atoms with E-state index in [0.717, 1.165) is 24.0 Å². The monoisotopic (exact) mass is 245 g/mol. The van der Waals surface area contributed by atoms with Crippen molar-refractivity contribution in [1.82, 2.24) is 15.1 Å². The minimum atomic E-state index is -0.284. The van der Waals surface area contributed by atoms with Crippen LogP contribution in [0.25, 0.3) is 0 Å². The van der Waals surface area contributed by atoms with Crippen molar-refractivity contribution in [2.75, 3.05) is 13.1 Å². The third-order valence-corrected chi connectivity index (χ3v) is 2.73. The maximum Gasteiger partial charge on any atom is 0.0902 e. The maximum atomic E-state index is 9.72.